The van der Waals surface area contributed by atoms with Gasteiger partial charge in [-0.3, -0.25) is 15.4 Å². The van der Waals surface area contributed by atoms with Crippen molar-refractivity contribution >= 4 is 67.7 Å². The van der Waals surface area contributed by atoms with Crippen LogP contribution in [0.5, 0.6) is 0 Å². The first-order valence-corrected chi connectivity index (χ1v) is 14.6. The highest BCUT2D eigenvalue weighted by Gasteiger charge is 2.25. The molecule has 196 valence electrons. The van der Waals surface area contributed by atoms with Crippen LogP contribution in [0, 0.1) is 17.0 Å². The van der Waals surface area contributed by atoms with E-state index in [0.29, 0.717) is 20.3 Å². The zero-order valence-corrected chi connectivity index (χ0v) is 23.8. The average Bonchev–Trinajstić information content (AvgIpc) is 3.22. The molecule has 0 spiro atoms. The number of nitro groups is 1. The number of ether oxygens (including phenoxy) is 1. The smallest absolute Gasteiger partial charge is 0.412 e. The van der Waals surface area contributed by atoms with Crippen molar-refractivity contribution in [1.82, 2.24) is 5.32 Å². The van der Waals surface area contributed by atoms with Gasteiger partial charge in [0.25, 0.3) is 5.69 Å². The van der Waals surface area contributed by atoms with Gasteiger partial charge in [0.2, 0.25) is 9.84 Å². The van der Waals surface area contributed by atoms with Gasteiger partial charge in [0.1, 0.15) is 10.6 Å². The first-order valence-electron chi connectivity index (χ1n) is 10.7. The Morgan fingerprint density at radius 2 is 1.89 bits per heavy atom. The highest BCUT2D eigenvalue weighted by molar-refractivity contribution is 8.01. The van der Waals surface area contributed by atoms with E-state index in [1.165, 1.54) is 59.5 Å². The summed E-state index contributed by atoms with van der Waals surface area (Å²) in [5, 5.41) is 14.0. The number of thiophene rings is 1. The van der Waals surface area contributed by atoms with Crippen molar-refractivity contribution < 1.29 is 22.9 Å². The first-order chi connectivity index (χ1) is 17.2. The molecule has 0 unspecified atom stereocenters. The highest BCUT2D eigenvalue weighted by atomic mass is 35.5. The number of halogens is 1. The molecule has 3 aromatic rings. The lowest BCUT2D eigenvalue weighted by molar-refractivity contribution is -0.384. The second-order valence-electron chi connectivity index (χ2n) is 8.75. The first kappa shape index (κ1) is 28.6. The summed E-state index contributed by atoms with van der Waals surface area (Å²) >= 11 is 8.74. The minimum absolute atomic E-state index is 0.0398. The lowest BCUT2D eigenvalue weighted by Crippen LogP contribution is -2.31. The molecule has 0 aliphatic heterocycles. The summed E-state index contributed by atoms with van der Waals surface area (Å²) in [5.74, 6) is 0. The number of carbonyl (C=O) groups is 1. The summed E-state index contributed by atoms with van der Waals surface area (Å²) in [6.45, 7) is 7.00. The monoisotopic (exact) mass is 581 g/mol. The average molecular weight is 582 g/mol. The molecule has 0 saturated carbocycles. The molecule has 0 aliphatic carbocycles. The summed E-state index contributed by atoms with van der Waals surface area (Å²) in [5.41, 5.74) is 0.952. The SMILES string of the molecule is CSc1sc(N=CNC(=O)OC(C)(C)C)cc1S(=O)(=O)c1ccc(C)c(-c2ccc([N+](=O)[O-])cc2Cl)c1. The van der Waals surface area contributed by atoms with Crippen molar-refractivity contribution in [2.45, 2.75) is 47.3 Å². The fraction of sp³-hybridized carbons (Fsp3) is 0.250. The molecule has 1 N–H and O–H groups in total. The van der Waals surface area contributed by atoms with Gasteiger partial charge in [-0.25, -0.2) is 18.2 Å². The predicted molar refractivity (Wildman–Crippen MR) is 147 cm³/mol. The summed E-state index contributed by atoms with van der Waals surface area (Å²) in [6, 6.07) is 10.2. The van der Waals surface area contributed by atoms with Crippen molar-refractivity contribution in [3.8, 4) is 11.1 Å². The van der Waals surface area contributed by atoms with Gasteiger partial charge in [-0.2, -0.15) is 0 Å². The van der Waals surface area contributed by atoms with Gasteiger partial charge in [0.15, 0.2) is 0 Å². The maximum atomic E-state index is 13.6. The Morgan fingerprint density at radius 1 is 1.19 bits per heavy atom. The van der Waals surface area contributed by atoms with Crippen LogP contribution >= 0.6 is 34.7 Å². The number of aryl methyl sites for hydroxylation is 1. The van der Waals surface area contributed by atoms with Gasteiger partial charge in [-0.1, -0.05) is 17.7 Å². The van der Waals surface area contributed by atoms with Crippen LogP contribution < -0.4 is 5.32 Å². The molecule has 0 atom stereocenters. The number of alkyl carbamates (subject to hydrolysis) is 1. The number of amides is 1. The molecule has 3 rings (SSSR count). The van der Waals surface area contributed by atoms with Crippen LogP contribution in [0.15, 0.2) is 61.5 Å². The normalized spacial score (nSPS) is 12.1. The lowest BCUT2D eigenvalue weighted by atomic mass is 10.0. The Balaban J connectivity index is 1.96. The zero-order valence-electron chi connectivity index (χ0n) is 20.6. The molecule has 0 fully saturated rings. The predicted octanol–water partition coefficient (Wildman–Crippen LogP) is 7.02. The number of non-ortho nitro benzene ring substituents is 1. The van der Waals surface area contributed by atoms with Crippen molar-refractivity contribution in [3.63, 3.8) is 0 Å². The van der Waals surface area contributed by atoms with Crippen LogP contribution in [0.25, 0.3) is 11.1 Å². The number of thioether (sulfide) groups is 1. The van der Waals surface area contributed by atoms with Gasteiger partial charge < -0.3 is 4.74 Å². The van der Waals surface area contributed by atoms with E-state index in [4.69, 9.17) is 16.3 Å². The standard InChI is InChI=1S/C24H24ClN3O6S3/c1-14-6-8-16(11-18(14)17-9-7-15(28(30)31)10-19(17)25)37(32,33)20-12-21(36-22(20)35-5)26-13-27-23(29)34-24(2,3)4/h6-13H,1-5H3,(H,26,27,29). The Bertz CT molecular complexity index is 1490. The molecule has 13 heteroatoms. The Labute approximate surface area is 228 Å². The van der Waals surface area contributed by atoms with E-state index in [9.17, 15) is 23.3 Å². The van der Waals surface area contributed by atoms with Crippen LogP contribution in [0.1, 0.15) is 26.3 Å². The second kappa shape index (κ2) is 11.2. The molecule has 37 heavy (non-hydrogen) atoms. The minimum atomic E-state index is -3.96. The van der Waals surface area contributed by atoms with E-state index >= 15 is 0 Å². The molecule has 1 heterocycles. The molecular weight excluding hydrogens is 558 g/mol. The number of nitrogens with zero attached hydrogens (tertiary/aromatic N) is 2. The summed E-state index contributed by atoms with van der Waals surface area (Å²) in [6.07, 6.45) is 2.23. The maximum absolute atomic E-state index is 13.6. The molecule has 9 nitrogen and oxygen atoms in total. The number of rotatable bonds is 7. The fourth-order valence-corrected chi connectivity index (χ4v) is 7.34. The van der Waals surface area contributed by atoms with E-state index in [2.05, 4.69) is 10.3 Å². The molecule has 0 radical (unpaired) electrons. The topological polar surface area (TPSA) is 128 Å². The fourth-order valence-electron chi connectivity index (χ4n) is 3.22. The van der Waals surface area contributed by atoms with Gasteiger partial charge in [-0.15, -0.1) is 23.1 Å². The quantitative estimate of drug-likeness (QED) is 0.104. The van der Waals surface area contributed by atoms with E-state index in [1.807, 2.05) is 0 Å². The number of nitrogens with one attached hydrogen (secondary N) is 1. The molecule has 1 aromatic heterocycles. The number of hydrogen-bond acceptors (Lipinski definition) is 9. The van der Waals surface area contributed by atoms with Gasteiger partial charge in [0, 0.05) is 17.7 Å². The number of benzene rings is 2. The molecular formula is C24H24ClN3O6S3. The van der Waals surface area contributed by atoms with Gasteiger partial charge in [-0.05, 0) is 69.3 Å². The summed E-state index contributed by atoms with van der Waals surface area (Å²) in [7, 11) is -3.96. The third kappa shape index (κ3) is 6.89. The van der Waals surface area contributed by atoms with Crippen molar-refractivity contribution in [2.75, 3.05) is 6.26 Å². The van der Waals surface area contributed by atoms with Crippen LogP contribution in [0.2, 0.25) is 5.02 Å². The molecule has 0 aliphatic rings. The number of nitro benzene ring substituents is 1. The van der Waals surface area contributed by atoms with Crippen molar-refractivity contribution in [1.29, 1.82) is 0 Å². The third-order valence-electron chi connectivity index (χ3n) is 4.87. The molecule has 0 bridgehead atoms. The van der Waals surface area contributed by atoms with E-state index in [1.54, 1.807) is 40.0 Å². The highest BCUT2D eigenvalue weighted by Crippen LogP contribution is 2.42. The summed E-state index contributed by atoms with van der Waals surface area (Å²) < 4.78 is 32.9. The number of aliphatic imine (C=N–C) groups is 1. The van der Waals surface area contributed by atoms with E-state index in [-0.39, 0.29) is 20.5 Å². The number of carbonyl (C=O) groups excluding carboxylic acids is 1. The number of hydrogen-bond donors (Lipinski definition) is 1. The van der Waals surface area contributed by atoms with Crippen LogP contribution in [-0.2, 0) is 14.6 Å². The van der Waals surface area contributed by atoms with E-state index in [0.717, 1.165) is 11.9 Å². The van der Waals surface area contributed by atoms with Gasteiger partial charge in [0.05, 0.1) is 30.3 Å². The van der Waals surface area contributed by atoms with Crippen molar-refractivity contribution in [2.24, 2.45) is 4.99 Å². The third-order valence-corrected chi connectivity index (χ3v) is 9.40. The zero-order chi connectivity index (χ0) is 27.5. The molecule has 2 aromatic carbocycles. The van der Waals surface area contributed by atoms with E-state index < -0.39 is 26.5 Å². The molecule has 0 saturated heterocycles. The Morgan fingerprint density at radius 3 is 2.49 bits per heavy atom. The van der Waals surface area contributed by atoms with Crippen LogP contribution in [0.4, 0.5) is 15.5 Å². The van der Waals surface area contributed by atoms with Crippen molar-refractivity contribution in [3.05, 3.63) is 63.2 Å². The van der Waals surface area contributed by atoms with Crippen LogP contribution in [0.3, 0.4) is 0 Å². The number of sulfone groups is 1. The summed E-state index contributed by atoms with van der Waals surface area (Å²) in [4.78, 5) is 26.6. The van der Waals surface area contributed by atoms with Crippen LogP contribution in [-0.4, -0.2) is 37.6 Å². The minimum Gasteiger partial charge on any atom is -0.444 e. The maximum Gasteiger partial charge on any atom is 0.412 e. The van der Waals surface area contributed by atoms with Gasteiger partial charge >= 0.3 is 6.09 Å². The lowest BCUT2D eigenvalue weighted by Gasteiger charge is -2.18. The Hall–Kier alpha value is -2.93. The Kier molecular flexibility index (Phi) is 8.68. The molecule has 1 amide bonds. The largest absolute Gasteiger partial charge is 0.444 e. The second-order valence-corrected chi connectivity index (χ2v) is 13.2.